The van der Waals surface area contributed by atoms with E-state index >= 15 is 0 Å². The van der Waals surface area contributed by atoms with E-state index in [4.69, 9.17) is 4.74 Å². The monoisotopic (exact) mass is 636 g/mol. The predicted molar refractivity (Wildman–Crippen MR) is 180 cm³/mol. The number of carboxylic acid groups (broad SMARTS) is 1. The number of hydrogen-bond acceptors (Lipinski definition) is 7. The topological polar surface area (TPSA) is 131 Å². The average molecular weight is 637 g/mol. The highest BCUT2D eigenvalue weighted by molar-refractivity contribution is 7.14. The van der Waals surface area contributed by atoms with Crippen molar-refractivity contribution in [3.63, 3.8) is 0 Å². The van der Waals surface area contributed by atoms with E-state index in [0.29, 0.717) is 10.7 Å². The van der Waals surface area contributed by atoms with Crippen molar-refractivity contribution < 1.29 is 24.2 Å². The first-order valence-electron chi connectivity index (χ1n) is 14.8. The molecule has 0 aliphatic heterocycles. The Hall–Kier alpha value is -5.09. The molecule has 236 valence electrons. The molecule has 46 heavy (non-hydrogen) atoms. The molecule has 10 heteroatoms. The van der Waals surface area contributed by atoms with Crippen molar-refractivity contribution in [1.82, 2.24) is 20.6 Å². The Labute approximate surface area is 271 Å². The molecule has 0 saturated heterocycles. The van der Waals surface area contributed by atoms with E-state index in [2.05, 4.69) is 47.4 Å². The summed E-state index contributed by atoms with van der Waals surface area (Å²) in [7, 11) is 1.65. The van der Waals surface area contributed by atoms with Crippen LogP contribution in [0.2, 0.25) is 0 Å². The number of rotatable bonds is 10. The van der Waals surface area contributed by atoms with E-state index in [1.807, 2.05) is 60.7 Å². The smallest absolute Gasteiger partial charge is 0.325 e. The van der Waals surface area contributed by atoms with Gasteiger partial charge in [-0.15, -0.1) is 11.3 Å². The third-order valence-electron chi connectivity index (χ3n) is 7.60. The third-order valence-corrected chi connectivity index (χ3v) is 9.11. The predicted octanol–water partition coefficient (Wildman–Crippen LogP) is 6.26. The molecule has 0 aliphatic rings. The summed E-state index contributed by atoms with van der Waals surface area (Å²) >= 11 is 1.37. The van der Waals surface area contributed by atoms with Crippen molar-refractivity contribution >= 4 is 39.9 Å². The van der Waals surface area contributed by atoms with E-state index in [1.165, 1.54) is 18.3 Å². The molecule has 2 amide bonds. The van der Waals surface area contributed by atoms with Crippen molar-refractivity contribution in [2.75, 3.05) is 7.11 Å². The number of nitrogens with one attached hydrogen (secondary N) is 2. The zero-order valence-corrected chi connectivity index (χ0v) is 27.1. The molecule has 5 rings (SSSR count). The Morgan fingerprint density at radius 3 is 2.13 bits per heavy atom. The molecule has 0 fully saturated rings. The van der Waals surface area contributed by atoms with Gasteiger partial charge in [0.1, 0.15) is 17.8 Å². The Morgan fingerprint density at radius 2 is 1.50 bits per heavy atom. The van der Waals surface area contributed by atoms with Crippen LogP contribution in [0.4, 0.5) is 0 Å². The molecule has 9 nitrogen and oxygen atoms in total. The molecule has 2 aromatic heterocycles. The van der Waals surface area contributed by atoms with Crippen LogP contribution in [0.15, 0.2) is 85.2 Å². The lowest BCUT2D eigenvalue weighted by atomic mass is 9.95. The number of hydrogen-bond donors (Lipinski definition) is 3. The summed E-state index contributed by atoms with van der Waals surface area (Å²) < 4.78 is 5.32. The number of carboxylic acids is 1. The van der Waals surface area contributed by atoms with Crippen LogP contribution < -0.4 is 15.4 Å². The SMILES string of the molecule is COc1ccc2cc(-c3cnc(-c4ccc(C[C@H](NC(=O)c5ccc(C(C)(C)C)s5)C(=O)N[C@H](C)C(=O)O)cc4)nc3)ccc2c1. The number of fused-ring (bicyclic) bond motifs is 1. The molecule has 0 bridgehead atoms. The number of aliphatic carboxylic acids is 1. The molecular weight excluding hydrogens is 600 g/mol. The zero-order valence-electron chi connectivity index (χ0n) is 26.3. The van der Waals surface area contributed by atoms with Gasteiger partial charge in [-0.05, 0) is 64.6 Å². The minimum Gasteiger partial charge on any atom is -0.497 e. The maximum absolute atomic E-state index is 13.2. The first-order chi connectivity index (χ1) is 21.9. The summed E-state index contributed by atoms with van der Waals surface area (Å²) in [5.74, 6) is -0.774. The van der Waals surface area contributed by atoms with Gasteiger partial charge >= 0.3 is 5.97 Å². The van der Waals surface area contributed by atoms with Gasteiger partial charge in [-0.2, -0.15) is 0 Å². The highest BCUT2D eigenvalue weighted by Gasteiger charge is 2.26. The summed E-state index contributed by atoms with van der Waals surface area (Å²) in [6.45, 7) is 7.58. The van der Waals surface area contributed by atoms with Crippen molar-refractivity contribution in [3.05, 3.63) is 101 Å². The van der Waals surface area contributed by atoms with E-state index in [9.17, 15) is 19.5 Å². The molecule has 0 unspecified atom stereocenters. The zero-order chi connectivity index (χ0) is 33.0. The van der Waals surface area contributed by atoms with Crippen LogP contribution in [0.25, 0.3) is 33.3 Å². The number of methoxy groups -OCH3 is 1. The average Bonchev–Trinajstić information content (AvgIpc) is 3.56. The normalized spacial score (nSPS) is 12.7. The second-order valence-electron chi connectivity index (χ2n) is 12.1. The maximum atomic E-state index is 13.2. The number of aromatic nitrogens is 2. The lowest BCUT2D eigenvalue weighted by Gasteiger charge is -2.20. The second-order valence-corrected chi connectivity index (χ2v) is 13.2. The molecule has 0 radical (unpaired) electrons. The number of ether oxygens (including phenoxy) is 1. The summed E-state index contributed by atoms with van der Waals surface area (Å²) in [5.41, 5.74) is 3.34. The lowest BCUT2D eigenvalue weighted by Crippen LogP contribution is -2.51. The van der Waals surface area contributed by atoms with Gasteiger partial charge < -0.3 is 20.5 Å². The van der Waals surface area contributed by atoms with Gasteiger partial charge in [0.2, 0.25) is 5.91 Å². The summed E-state index contributed by atoms with van der Waals surface area (Å²) in [6.07, 6.45) is 3.74. The third kappa shape index (κ3) is 7.58. The molecule has 0 saturated carbocycles. The van der Waals surface area contributed by atoms with Gasteiger partial charge in [-0.3, -0.25) is 14.4 Å². The van der Waals surface area contributed by atoms with Crippen LogP contribution in [0.5, 0.6) is 5.75 Å². The number of benzene rings is 3. The highest BCUT2D eigenvalue weighted by atomic mass is 32.1. The first kappa shape index (κ1) is 32.3. The van der Waals surface area contributed by atoms with Gasteiger partial charge in [0.15, 0.2) is 5.82 Å². The van der Waals surface area contributed by atoms with Crippen molar-refractivity contribution in [3.8, 4) is 28.3 Å². The highest BCUT2D eigenvalue weighted by Crippen LogP contribution is 2.30. The molecule has 0 aliphatic carbocycles. The van der Waals surface area contributed by atoms with Gasteiger partial charge in [-0.1, -0.05) is 63.2 Å². The Balaban J connectivity index is 1.31. The summed E-state index contributed by atoms with van der Waals surface area (Å²) in [5, 5.41) is 16.8. The van der Waals surface area contributed by atoms with E-state index < -0.39 is 24.0 Å². The number of carbonyl (C=O) groups is 3. The number of nitrogens with zero attached hydrogens (tertiary/aromatic N) is 2. The van der Waals surface area contributed by atoms with Crippen LogP contribution in [0.1, 0.15) is 47.8 Å². The molecule has 3 aromatic carbocycles. The van der Waals surface area contributed by atoms with Crippen LogP contribution in [0, 0.1) is 0 Å². The second kappa shape index (κ2) is 13.5. The van der Waals surface area contributed by atoms with Crippen molar-refractivity contribution in [2.45, 2.75) is 51.6 Å². The fourth-order valence-corrected chi connectivity index (χ4v) is 5.83. The van der Waals surface area contributed by atoms with Crippen molar-refractivity contribution in [1.29, 1.82) is 0 Å². The van der Waals surface area contributed by atoms with E-state index in [1.54, 1.807) is 25.6 Å². The molecule has 5 aromatic rings. The van der Waals surface area contributed by atoms with Crippen LogP contribution in [-0.2, 0) is 21.4 Å². The number of thiophene rings is 1. The lowest BCUT2D eigenvalue weighted by molar-refractivity contribution is -0.141. The minimum atomic E-state index is -1.16. The van der Waals surface area contributed by atoms with Crippen LogP contribution >= 0.6 is 11.3 Å². The van der Waals surface area contributed by atoms with Gasteiger partial charge in [-0.25, -0.2) is 9.97 Å². The van der Waals surface area contributed by atoms with Crippen LogP contribution in [0.3, 0.4) is 0 Å². The van der Waals surface area contributed by atoms with E-state index in [-0.39, 0.29) is 17.7 Å². The molecule has 2 heterocycles. The molecule has 3 N–H and O–H groups in total. The Bertz CT molecular complexity index is 1880. The Kier molecular flexibility index (Phi) is 9.48. The molecular formula is C36H36N4O5S. The van der Waals surface area contributed by atoms with Crippen molar-refractivity contribution in [2.24, 2.45) is 0 Å². The largest absolute Gasteiger partial charge is 0.497 e. The van der Waals surface area contributed by atoms with Gasteiger partial charge in [0, 0.05) is 34.8 Å². The Morgan fingerprint density at radius 1 is 0.848 bits per heavy atom. The fourth-order valence-electron chi connectivity index (χ4n) is 4.86. The maximum Gasteiger partial charge on any atom is 0.325 e. The molecule has 2 atom stereocenters. The fraction of sp³-hybridized carbons (Fsp3) is 0.250. The standard InChI is InChI=1S/C36H36N4O5S/c1-21(35(43)44)39-33(41)29(40-34(42)30-14-15-31(46-30)36(2,3)4)16-22-6-8-23(9-7-22)32-37-19-27(20-38-32)25-10-11-26-18-28(45-5)13-12-24(26)17-25/h6-15,17-21,29H,16H2,1-5H3,(H,39,41)(H,40,42)(H,43,44)/t21-,29+/m1/s1. The number of amides is 2. The van der Waals surface area contributed by atoms with Gasteiger partial charge in [0.25, 0.3) is 5.91 Å². The molecule has 0 spiro atoms. The first-order valence-corrected chi connectivity index (χ1v) is 15.7. The summed E-state index contributed by atoms with van der Waals surface area (Å²) in [6, 6.07) is 21.1. The van der Waals surface area contributed by atoms with Crippen LogP contribution in [-0.4, -0.2) is 52.1 Å². The summed E-state index contributed by atoms with van der Waals surface area (Å²) in [4.78, 5) is 48.4. The minimum absolute atomic E-state index is 0.117. The van der Waals surface area contributed by atoms with E-state index in [0.717, 1.165) is 43.7 Å². The quantitative estimate of drug-likeness (QED) is 0.165. The number of carbonyl (C=O) groups excluding carboxylic acids is 2. The van der Waals surface area contributed by atoms with Gasteiger partial charge in [0.05, 0.1) is 12.0 Å².